The molecule has 0 spiro atoms. The summed E-state index contributed by atoms with van der Waals surface area (Å²) in [6, 6.07) is 0.0261. The van der Waals surface area contributed by atoms with Crippen molar-refractivity contribution in [2.75, 3.05) is 11.5 Å². The fourth-order valence-corrected chi connectivity index (χ4v) is 3.89. The van der Waals surface area contributed by atoms with Gasteiger partial charge in [-0.2, -0.15) is 0 Å². The Balaban J connectivity index is 2.82. The van der Waals surface area contributed by atoms with Crippen LogP contribution in [-0.2, 0) is 14.6 Å². The van der Waals surface area contributed by atoms with Crippen molar-refractivity contribution in [3.63, 3.8) is 0 Å². The predicted molar refractivity (Wildman–Crippen MR) is 63.9 cm³/mol. The van der Waals surface area contributed by atoms with Gasteiger partial charge in [-0.15, -0.1) is 0 Å². The molecule has 1 aliphatic heterocycles. The lowest BCUT2D eigenvalue weighted by Gasteiger charge is -2.33. The Labute approximate surface area is 97.9 Å². The van der Waals surface area contributed by atoms with Crippen molar-refractivity contribution in [1.82, 2.24) is 4.90 Å². The third kappa shape index (κ3) is 2.97. The van der Waals surface area contributed by atoms with Crippen molar-refractivity contribution >= 4 is 15.7 Å². The fraction of sp³-hybridized carbons (Fsp3) is 0.909. The van der Waals surface area contributed by atoms with Gasteiger partial charge in [-0.25, -0.2) is 8.42 Å². The Kier molecular flexibility index (Phi) is 4.35. The zero-order valence-corrected chi connectivity index (χ0v) is 11.1. The molecule has 1 heterocycles. The van der Waals surface area contributed by atoms with Gasteiger partial charge >= 0.3 is 0 Å². The summed E-state index contributed by atoms with van der Waals surface area (Å²) in [5.74, 6) is 0.432. The molecule has 2 atom stereocenters. The van der Waals surface area contributed by atoms with E-state index in [1.54, 1.807) is 4.90 Å². The number of hydrogen-bond donors (Lipinski definition) is 0. The van der Waals surface area contributed by atoms with Gasteiger partial charge < -0.3 is 4.90 Å². The maximum absolute atomic E-state index is 11.8. The summed E-state index contributed by atoms with van der Waals surface area (Å²) >= 11 is 0. The van der Waals surface area contributed by atoms with Gasteiger partial charge in [-0.05, 0) is 19.8 Å². The van der Waals surface area contributed by atoms with Crippen LogP contribution in [-0.4, -0.2) is 42.8 Å². The molecule has 16 heavy (non-hydrogen) atoms. The van der Waals surface area contributed by atoms with Crippen molar-refractivity contribution in [2.45, 2.75) is 52.1 Å². The Hall–Kier alpha value is -0.580. The third-order valence-corrected chi connectivity index (χ3v) is 5.01. The second kappa shape index (κ2) is 5.17. The van der Waals surface area contributed by atoms with E-state index in [0.717, 1.165) is 6.42 Å². The molecular weight excluding hydrogens is 226 g/mol. The summed E-state index contributed by atoms with van der Waals surface area (Å²) in [6.07, 6.45) is 1.90. The lowest BCUT2D eigenvalue weighted by Crippen LogP contribution is -2.46. The largest absolute Gasteiger partial charge is 0.336 e. The average Bonchev–Trinajstić information content (AvgIpc) is 2.58. The van der Waals surface area contributed by atoms with Crippen LogP contribution in [0.3, 0.4) is 0 Å². The molecule has 0 aromatic carbocycles. The summed E-state index contributed by atoms with van der Waals surface area (Å²) < 4.78 is 22.9. The van der Waals surface area contributed by atoms with Crippen LogP contribution in [0.2, 0.25) is 0 Å². The van der Waals surface area contributed by atoms with E-state index in [9.17, 15) is 13.2 Å². The first-order valence-electron chi connectivity index (χ1n) is 5.92. The molecule has 0 unspecified atom stereocenters. The Morgan fingerprint density at radius 1 is 1.44 bits per heavy atom. The highest BCUT2D eigenvalue weighted by Gasteiger charge is 2.35. The SMILES string of the molecule is CCC(=O)N([C@H]1CCS(=O)(=O)C1)[C@H](C)CC. The molecule has 0 bridgehead atoms. The molecule has 94 valence electrons. The van der Waals surface area contributed by atoms with Crippen molar-refractivity contribution in [1.29, 1.82) is 0 Å². The van der Waals surface area contributed by atoms with Crippen LogP contribution in [0.5, 0.6) is 0 Å². The minimum absolute atomic E-state index is 0.0662. The second-order valence-corrected chi connectivity index (χ2v) is 6.70. The number of amides is 1. The predicted octanol–water partition coefficient (Wildman–Crippen LogP) is 1.21. The van der Waals surface area contributed by atoms with Gasteiger partial charge in [0.1, 0.15) is 0 Å². The maximum Gasteiger partial charge on any atom is 0.222 e. The van der Waals surface area contributed by atoms with E-state index in [4.69, 9.17) is 0 Å². The molecule has 1 rings (SSSR count). The maximum atomic E-state index is 11.8. The van der Waals surface area contributed by atoms with Gasteiger partial charge in [0.25, 0.3) is 0 Å². The van der Waals surface area contributed by atoms with E-state index in [0.29, 0.717) is 12.8 Å². The van der Waals surface area contributed by atoms with Crippen LogP contribution in [0.1, 0.15) is 40.0 Å². The number of carbonyl (C=O) groups excluding carboxylic acids is 1. The minimum Gasteiger partial charge on any atom is -0.336 e. The van der Waals surface area contributed by atoms with E-state index in [1.807, 2.05) is 20.8 Å². The molecule has 1 fully saturated rings. The summed E-state index contributed by atoms with van der Waals surface area (Å²) in [7, 11) is -2.92. The lowest BCUT2D eigenvalue weighted by molar-refractivity contribution is -0.135. The number of hydrogen-bond acceptors (Lipinski definition) is 3. The van der Waals surface area contributed by atoms with E-state index in [1.165, 1.54) is 0 Å². The molecule has 1 amide bonds. The zero-order chi connectivity index (χ0) is 12.3. The van der Waals surface area contributed by atoms with Crippen LogP contribution in [0, 0.1) is 0 Å². The first-order valence-corrected chi connectivity index (χ1v) is 7.75. The van der Waals surface area contributed by atoms with E-state index in [-0.39, 0.29) is 29.5 Å². The monoisotopic (exact) mass is 247 g/mol. The number of rotatable bonds is 4. The topological polar surface area (TPSA) is 54.5 Å². The highest BCUT2D eigenvalue weighted by Crippen LogP contribution is 2.21. The fourth-order valence-electron chi connectivity index (χ4n) is 2.18. The first-order chi connectivity index (χ1) is 7.41. The van der Waals surface area contributed by atoms with Crippen LogP contribution in [0.25, 0.3) is 0 Å². The Morgan fingerprint density at radius 3 is 2.44 bits per heavy atom. The number of carbonyl (C=O) groups is 1. The normalized spacial score (nSPS) is 25.3. The van der Waals surface area contributed by atoms with Gasteiger partial charge in [0.15, 0.2) is 9.84 Å². The molecule has 0 aromatic heterocycles. The highest BCUT2D eigenvalue weighted by molar-refractivity contribution is 7.91. The van der Waals surface area contributed by atoms with Crippen LogP contribution in [0.15, 0.2) is 0 Å². The molecule has 1 saturated heterocycles. The molecule has 0 radical (unpaired) electrons. The summed E-state index contributed by atoms with van der Waals surface area (Å²) in [4.78, 5) is 13.6. The van der Waals surface area contributed by atoms with Gasteiger partial charge in [-0.3, -0.25) is 4.79 Å². The van der Waals surface area contributed by atoms with Crippen molar-refractivity contribution in [3.05, 3.63) is 0 Å². The molecule has 0 aromatic rings. The molecule has 5 heteroatoms. The second-order valence-electron chi connectivity index (χ2n) is 4.47. The van der Waals surface area contributed by atoms with Gasteiger partial charge in [0.2, 0.25) is 5.91 Å². The van der Waals surface area contributed by atoms with Gasteiger partial charge in [0.05, 0.1) is 11.5 Å². The molecular formula is C11H21NO3S. The van der Waals surface area contributed by atoms with Crippen molar-refractivity contribution in [2.24, 2.45) is 0 Å². The lowest BCUT2D eigenvalue weighted by atomic mass is 10.1. The Morgan fingerprint density at radius 2 is 2.06 bits per heavy atom. The molecule has 4 nitrogen and oxygen atoms in total. The van der Waals surface area contributed by atoms with Crippen LogP contribution < -0.4 is 0 Å². The molecule has 0 saturated carbocycles. The first kappa shape index (κ1) is 13.5. The standard InChI is InChI=1S/C11H21NO3S/c1-4-9(3)12(11(13)5-2)10-6-7-16(14,15)8-10/h9-10H,4-8H2,1-3H3/t9-,10+/m1/s1. The smallest absolute Gasteiger partial charge is 0.222 e. The molecule has 0 N–H and O–H groups in total. The third-order valence-electron chi connectivity index (χ3n) is 3.26. The average molecular weight is 247 g/mol. The summed E-state index contributed by atoms with van der Waals surface area (Å²) in [5, 5.41) is 0. The summed E-state index contributed by atoms with van der Waals surface area (Å²) in [6.45, 7) is 5.82. The van der Waals surface area contributed by atoms with Crippen molar-refractivity contribution < 1.29 is 13.2 Å². The number of sulfone groups is 1. The van der Waals surface area contributed by atoms with Crippen molar-refractivity contribution in [3.8, 4) is 0 Å². The zero-order valence-electron chi connectivity index (χ0n) is 10.3. The number of nitrogens with zero attached hydrogens (tertiary/aromatic N) is 1. The summed E-state index contributed by atoms with van der Waals surface area (Å²) in [5.41, 5.74) is 0. The van der Waals surface area contributed by atoms with Gasteiger partial charge in [0, 0.05) is 18.5 Å². The highest BCUT2D eigenvalue weighted by atomic mass is 32.2. The molecule has 1 aliphatic rings. The van der Waals surface area contributed by atoms with E-state index in [2.05, 4.69) is 0 Å². The van der Waals surface area contributed by atoms with Crippen LogP contribution >= 0.6 is 0 Å². The quantitative estimate of drug-likeness (QED) is 0.750. The van der Waals surface area contributed by atoms with E-state index >= 15 is 0 Å². The van der Waals surface area contributed by atoms with Gasteiger partial charge in [-0.1, -0.05) is 13.8 Å². The van der Waals surface area contributed by atoms with E-state index < -0.39 is 9.84 Å². The Bertz CT molecular complexity index is 350. The van der Waals surface area contributed by atoms with Crippen LogP contribution in [0.4, 0.5) is 0 Å². The molecule has 0 aliphatic carbocycles. The minimum atomic E-state index is -2.92.